The number of benzene rings is 1. The van der Waals surface area contributed by atoms with Crippen molar-refractivity contribution in [1.82, 2.24) is 0 Å². The van der Waals surface area contributed by atoms with E-state index in [0.29, 0.717) is 17.6 Å². The van der Waals surface area contributed by atoms with E-state index in [2.05, 4.69) is 18.7 Å². The Bertz CT molecular complexity index is 408. The Labute approximate surface area is 100 Å². The lowest BCUT2D eigenvalue weighted by Gasteiger charge is -2.25. The van der Waals surface area contributed by atoms with Crippen LogP contribution in [0.15, 0.2) is 12.1 Å². The summed E-state index contributed by atoms with van der Waals surface area (Å²) in [5.41, 5.74) is 7.20. The van der Waals surface area contributed by atoms with E-state index < -0.39 is 5.82 Å². The molecule has 1 aliphatic rings. The first-order chi connectivity index (χ1) is 7.49. The number of hydrogen-bond donors (Lipinski definition) is 1. The molecule has 1 aromatic rings. The van der Waals surface area contributed by atoms with Gasteiger partial charge in [-0.15, -0.1) is 0 Å². The van der Waals surface area contributed by atoms with E-state index >= 15 is 0 Å². The van der Waals surface area contributed by atoms with Crippen molar-refractivity contribution in [1.29, 1.82) is 0 Å². The summed E-state index contributed by atoms with van der Waals surface area (Å²) in [5, 5.41) is 0.0844. The monoisotopic (exact) mass is 242 g/mol. The highest BCUT2D eigenvalue weighted by atomic mass is 35.5. The molecular weight excluding hydrogens is 227 g/mol. The summed E-state index contributed by atoms with van der Waals surface area (Å²) in [6.07, 6.45) is 1.11. The molecule has 1 aliphatic heterocycles. The first kappa shape index (κ1) is 11.5. The van der Waals surface area contributed by atoms with Gasteiger partial charge in [0.05, 0.1) is 16.4 Å². The van der Waals surface area contributed by atoms with Crippen LogP contribution in [0.1, 0.15) is 20.3 Å². The van der Waals surface area contributed by atoms with E-state index in [0.717, 1.165) is 18.7 Å². The maximum Gasteiger partial charge on any atom is 0.144 e. The zero-order chi connectivity index (χ0) is 11.9. The Morgan fingerprint density at radius 1 is 1.44 bits per heavy atom. The van der Waals surface area contributed by atoms with Gasteiger partial charge in [0, 0.05) is 18.7 Å². The van der Waals surface area contributed by atoms with Crippen molar-refractivity contribution in [3.05, 3.63) is 23.0 Å². The van der Waals surface area contributed by atoms with Crippen molar-refractivity contribution in [2.24, 2.45) is 5.92 Å². The van der Waals surface area contributed by atoms with Gasteiger partial charge in [0.25, 0.3) is 0 Å². The molecule has 2 atom stereocenters. The van der Waals surface area contributed by atoms with Crippen LogP contribution in [-0.2, 0) is 0 Å². The molecule has 0 saturated carbocycles. The van der Waals surface area contributed by atoms with Crippen molar-refractivity contribution in [3.8, 4) is 0 Å². The normalized spacial score (nSPS) is 25.1. The average Bonchev–Trinajstić information content (AvgIpc) is 2.51. The first-order valence-corrected chi connectivity index (χ1v) is 5.88. The Hall–Kier alpha value is -0.960. The molecule has 0 amide bonds. The molecule has 2 nitrogen and oxygen atoms in total. The molecule has 0 spiro atoms. The summed E-state index contributed by atoms with van der Waals surface area (Å²) >= 11 is 5.68. The van der Waals surface area contributed by atoms with E-state index in [1.807, 2.05) is 0 Å². The van der Waals surface area contributed by atoms with Crippen LogP contribution >= 0.6 is 11.6 Å². The third kappa shape index (κ3) is 1.96. The minimum Gasteiger partial charge on any atom is -0.397 e. The van der Waals surface area contributed by atoms with Crippen LogP contribution < -0.4 is 10.6 Å². The topological polar surface area (TPSA) is 29.3 Å². The van der Waals surface area contributed by atoms with E-state index in [9.17, 15) is 4.39 Å². The van der Waals surface area contributed by atoms with Gasteiger partial charge in [-0.2, -0.15) is 0 Å². The lowest BCUT2D eigenvalue weighted by Crippen LogP contribution is -2.27. The number of rotatable bonds is 1. The van der Waals surface area contributed by atoms with Gasteiger partial charge >= 0.3 is 0 Å². The third-order valence-electron chi connectivity index (χ3n) is 3.16. The van der Waals surface area contributed by atoms with Crippen molar-refractivity contribution in [3.63, 3.8) is 0 Å². The molecular formula is C12H16ClFN2. The molecule has 0 radical (unpaired) electrons. The van der Waals surface area contributed by atoms with Crippen molar-refractivity contribution >= 4 is 23.0 Å². The van der Waals surface area contributed by atoms with Crippen molar-refractivity contribution < 1.29 is 4.39 Å². The first-order valence-electron chi connectivity index (χ1n) is 5.50. The molecule has 1 heterocycles. The molecule has 0 aromatic heterocycles. The predicted octanol–water partition coefficient (Wildman–Crippen LogP) is 3.30. The molecule has 0 aliphatic carbocycles. The lowest BCUT2D eigenvalue weighted by atomic mass is 10.1. The largest absolute Gasteiger partial charge is 0.397 e. The summed E-state index contributed by atoms with van der Waals surface area (Å²) in [6, 6.07) is 3.33. The molecule has 16 heavy (non-hydrogen) atoms. The van der Waals surface area contributed by atoms with Crippen molar-refractivity contribution in [2.75, 3.05) is 17.2 Å². The van der Waals surface area contributed by atoms with E-state index in [1.54, 1.807) is 0 Å². The maximum absolute atomic E-state index is 13.4. The molecule has 2 rings (SSSR count). The minimum absolute atomic E-state index is 0.0844. The number of halogens is 2. The second-order valence-electron chi connectivity index (χ2n) is 4.67. The quantitative estimate of drug-likeness (QED) is 0.766. The molecule has 1 aromatic carbocycles. The molecule has 0 bridgehead atoms. The SMILES string of the molecule is CC1CC(C)N(c2cc(F)c(Cl)cc2N)C1. The second kappa shape index (κ2) is 4.13. The number of nitrogen functional groups attached to an aromatic ring is 1. The van der Waals surface area contributed by atoms with Crippen LogP contribution in [-0.4, -0.2) is 12.6 Å². The smallest absolute Gasteiger partial charge is 0.144 e. The second-order valence-corrected chi connectivity index (χ2v) is 5.07. The van der Waals surface area contributed by atoms with Crippen LogP contribution in [0.2, 0.25) is 5.02 Å². The molecule has 88 valence electrons. The van der Waals surface area contributed by atoms with Crippen LogP contribution in [0.4, 0.5) is 15.8 Å². The van der Waals surface area contributed by atoms with Gasteiger partial charge in [0.15, 0.2) is 0 Å². The summed E-state index contributed by atoms with van der Waals surface area (Å²) in [6.45, 7) is 5.25. The van der Waals surface area contributed by atoms with E-state index in [1.165, 1.54) is 12.1 Å². The molecule has 2 N–H and O–H groups in total. The standard InChI is InChI=1S/C12H16ClFN2/c1-7-3-8(2)16(6-7)12-5-10(14)9(13)4-11(12)15/h4-5,7-8H,3,6,15H2,1-2H3. The Kier molecular flexibility index (Phi) is 2.98. The van der Waals surface area contributed by atoms with Crippen LogP contribution in [0.25, 0.3) is 0 Å². The summed E-state index contributed by atoms with van der Waals surface area (Å²) < 4.78 is 13.4. The Morgan fingerprint density at radius 2 is 2.12 bits per heavy atom. The highest BCUT2D eigenvalue weighted by molar-refractivity contribution is 6.31. The fourth-order valence-electron chi connectivity index (χ4n) is 2.44. The summed E-state index contributed by atoms with van der Waals surface area (Å²) in [4.78, 5) is 2.15. The van der Waals surface area contributed by atoms with Gasteiger partial charge in [0.1, 0.15) is 5.82 Å². The summed E-state index contributed by atoms with van der Waals surface area (Å²) in [5.74, 6) is 0.214. The summed E-state index contributed by atoms with van der Waals surface area (Å²) in [7, 11) is 0. The average molecular weight is 243 g/mol. The van der Waals surface area contributed by atoms with Gasteiger partial charge in [-0.05, 0) is 25.3 Å². The third-order valence-corrected chi connectivity index (χ3v) is 3.45. The van der Waals surface area contributed by atoms with Gasteiger partial charge in [-0.1, -0.05) is 18.5 Å². The maximum atomic E-state index is 13.4. The lowest BCUT2D eigenvalue weighted by molar-refractivity contribution is 0.623. The van der Waals surface area contributed by atoms with Crippen LogP contribution in [0, 0.1) is 11.7 Å². The number of anilines is 2. The minimum atomic E-state index is -0.405. The fraction of sp³-hybridized carbons (Fsp3) is 0.500. The molecule has 4 heteroatoms. The molecule has 1 fully saturated rings. The van der Waals surface area contributed by atoms with Gasteiger partial charge in [-0.25, -0.2) is 4.39 Å². The van der Waals surface area contributed by atoms with Crippen LogP contribution in [0.3, 0.4) is 0 Å². The molecule has 2 unspecified atom stereocenters. The van der Waals surface area contributed by atoms with Crippen molar-refractivity contribution in [2.45, 2.75) is 26.3 Å². The van der Waals surface area contributed by atoms with Gasteiger partial charge < -0.3 is 10.6 Å². The number of hydrogen-bond acceptors (Lipinski definition) is 2. The Morgan fingerprint density at radius 3 is 2.69 bits per heavy atom. The van der Waals surface area contributed by atoms with Crippen LogP contribution in [0.5, 0.6) is 0 Å². The number of nitrogens with two attached hydrogens (primary N) is 1. The molecule has 1 saturated heterocycles. The zero-order valence-corrected chi connectivity index (χ0v) is 10.3. The highest BCUT2D eigenvalue weighted by Crippen LogP contribution is 2.35. The number of nitrogens with zero attached hydrogens (tertiary/aromatic N) is 1. The zero-order valence-electron chi connectivity index (χ0n) is 9.50. The van der Waals surface area contributed by atoms with E-state index in [-0.39, 0.29) is 5.02 Å². The fourth-order valence-corrected chi connectivity index (χ4v) is 2.61. The Balaban J connectivity index is 2.37. The highest BCUT2D eigenvalue weighted by Gasteiger charge is 2.27. The van der Waals surface area contributed by atoms with Gasteiger partial charge in [-0.3, -0.25) is 0 Å². The van der Waals surface area contributed by atoms with E-state index in [4.69, 9.17) is 17.3 Å². The predicted molar refractivity (Wildman–Crippen MR) is 66.4 cm³/mol. The van der Waals surface area contributed by atoms with Gasteiger partial charge in [0.2, 0.25) is 0 Å².